The van der Waals surface area contributed by atoms with Crippen LogP contribution in [-0.2, 0) is 0 Å². The van der Waals surface area contributed by atoms with Crippen molar-refractivity contribution in [1.29, 1.82) is 0 Å². The number of rotatable bonds is 0. The maximum Gasteiger partial charge on any atom is 0.347 e. The van der Waals surface area contributed by atoms with Crippen molar-refractivity contribution in [3.8, 4) is 0 Å². The molecule has 0 fully saturated rings. The van der Waals surface area contributed by atoms with E-state index in [1.165, 1.54) is 10.6 Å². The summed E-state index contributed by atoms with van der Waals surface area (Å²) in [5.74, 6) is 0. The van der Waals surface area contributed by atoms with Crippen LogP contribution >= 0.6 is 11.6 Å². The number of aromatic amines is 1. The molecule has 0 bridgehead atoms. The Bertz CT molecular complexity index is 444. The molecule has 2 aromatic heterocycles. The van der Waals surface area contributed by atoms with Gasteiger partial charge in [0.2, 0.25) is 0 Å². The maximum absolute atomic E-state index is 11.0. The third kappa shape index (κ3) is 0.832. The molecule has 1 N–H and O–H groups in total. The van der Waals surface area contributed by atoms with Crippen LogP contribution in [0.5, 0.6) is 0 Å². The Hall–Kier alpha value is -1.29. The molecule has 0 saturated carbocycles. The van der Waals surface area contributed by atoms with Crippen LogP contribution in [0.4, 0.5) is 0 Å². The van der Waals surface area contributed by atoms with Crippen molar-refractivity contribution >= 4 is 17.1 Å². The van der Waals surface area contributed by atoms with E-state index in [2.05, 4.69) is 10.2 Å². The van der Waals surface area contributed by atoms with E-state index in [9.17, 15) is 4.79 Å². The number of nitrogens with one attached hydrogen (secondary N) is 1. The van der Waals surface area contributed by atoms with E-state index in [4.69, 9.17) is 11.6 Å². The largest absolute Gasteiger partial charge is 0.347 e. The maximum atomic E-state index is 11.0. The van der Waals surface area contributed by atoms with Crippen molar-refractivity contribution in [2.24, 2.45) is 0 Å². The van der Waals surface area contributed by atoms with E-state index in [0.717, 1.165) is 0 Å². The average Bonchev–Trinajstić information content (AvgIpc) is 2.34. The molecule has 0 spiro atoms. The summed E-state index contributed by atoms with van der Waals surface area (Å²) in [5.41, 5.74) is 0.372. The number of fused-ring (bicyclic) bond motifs is 1. The Kier molecular flexibility index (Phi) is 1.22. The van der Waals surface area contributed by atoms with Gasteiger partial charge in [-0.3, -0.25) is 0 Å². The van der Waals surface area contributed by atoms with Gasteiger partial charge in [-0.05, 0) is 12.1 Å². The summed E-state index contributed by atoms with van der Waals surface area (Å²) < 4.78 is 1.34. The summed E-state index contributed by atoms with van der Waals surface area (Å²) in [5, 5.41) is 6.28. The second kappa shape index (κ2) is 2.10. The minimum Gasteiger partial charge on any atom is -0.249 e. The fourth-order valence-corrected chi connectivity index (χ4v) is 1.18. The van der Waals surface area contributed by atoms with Gasteiger partial charge in [0.25, 0.3) is 0 Å². The molecule has 4 nitrogen and oxygen atoms in total. The van der Waals surface area contributed by atoms with E-state index in [1.54, 1.807) is 12.1 Å². The molecule has 0 aliphatic rings. The molecule has 0 amide bonds. The predicted molar refractivity (Wildman–Crippen MR) is 40.8 cm³/mol. The van der Waals surface area contributed by atoms with E-state index in [-0.39, 0.29) is 5.69 Å². The van der Waals surface area contributed by atoms with Crippen LogP contribution < -0.4 is 5.69 Å². The fraction of sp³-hybridized carbons (Fsp3) is 0. The molecule has 5 heteroatoms. The third-order valence-corrected chi connectivity index (χ3v) is 1.72. The zero-order valence-corrected chi connectivity index (χ0v) is 6.17. The van der Waals surface area contributed by atoms with Gasteiger partial charge in [0.15, 0.2) is 0 Å². The minimum absolute atomic E-state index is 0.322. The smallest absolute Gasteiger partial charge is 0.249 e. The van der Waals surface area contributed by atoms with Crippen LogP contribution in [0.15, 0.2) is 23.1 Å². The van der Waals surface area contributed by atoms with Crippen LogP contribution in [0, 0.1) is 0 Å². The predicted octanol–water partition coefficient (Wildman–Crippen LogP) is 0.676. The van der Waals surface area contributed by atoms with Crippen LogP contribution in [0.1, 0.15) is 0 Å². The summed E-state index contributed by atoms with van der Waals surface area (Å²) in [7, 11) is 0. The van der Waals surface area contributed by atoms with Crippen molar-refractivity contribution < 1.29 is 0 Å². The summed E-state index contributed by atoms with van der Waals surface area (Å²) in [6.07, 6.45) is 1.54. The van der Waals surface area contributed by atoms with Crippen LogP contribution in [0.3, 0.4) is 0 Å². The number of halogens is 1. The van der Waals surface area contributed by atoms with Crippen molar-refractivity contribution in [1.82, 2.24) is 14.6 Å². The number of hydrogen-bond donors (Lipinski definition) is 1. The summed E-state index contributed by atoms with van der Waals surface area (Å²) >= 11 is 5.69. The number of hydrogen-bond acceptors (Lipinski definition) is 2. The molecule has 0 radical (unpaired) electrons. The lowest BCUT2D eigenvalue weighted by atomic mass is 10.5. The highest BCUT2D eigenvalue weighted by Gasteiger charge is 2.00. The molecular weight excluding hydrogens is 166 g/mol. The first-order chi connectivity index (χ1) is 5.29. The van der Waals surface area contributed by atoms with Crippen molar-refractivity contribution in [2.45, 2.75) is 0 Å². The summed E-state index contributed by atoms with van der Waals surface area (Å²) in [6, 6.07) is 3.37. The lowest BCUT2D eigenvalue weighted by Gasteiger charge is -1.90. The summed E-state index contributed by atoms with van der Waals surface area (Å²) in [6.45, 7) is 0. The first-order valence-electron chi connectivity index (χ1n) is 3.00. The third-order valence-electron chi connectivity index (χ3n) is 1.42. The number of H-pyrrole nitrogens is 1. The number of nitrogens with zero attached hydrogens (tertiary/aromatic N) is 2. The van der Waals surface area contributed by atoms with E-state index >= 15 is 0 Å². The topological polar surface area (TPSA) is 50.2 Å². The lowest BCUT2D eigenvalue weighted by Crippen LogP contribution is -2.16. The van der Waals surface area contributed by atoms with Crippen LogP contribution in [0.2, 0.25) is 5.15 Å². The minimum atomic E-state index is -0.322. The molecule has 2 rings (SSSR count). The molecule has 2 heterocycles. The second-order valence-corrected chi connectivity index (χ2v) is 2.48. The van der Waals surface area contributed by atoms with Crippen molar-refractivity contribution in [3.63, 3.8) is 0 Å². The zero-order valence-electron chi connectivity index (χ0n) is 5.41. The zero-order chi connectivity index (χ0) is 7.84. The second-order valence-electron chi connectivity index (χ2n) is 2.09. The first-order valence-corrected chi connectivity index (χ1v) is 3.37. The monoisotopic (exact) mass is 169 g/mol. The van der Waals surface area contributed by atoms with Gasteiger partial charge in [-0.15, -0.1) is 0 Å². The SMILES string of the molecule is O=c1[nH]ncc2ccc(Cl)n12. The molecule has 2 aromatic rings. The van der Waals surface area contributed by atoms with E-state index < -0.39 is 0 Å². The van der Waals surface area contributed by atoms with Gasteiger partial charge in [-0.25, -0.2) is 14.3 Å². The quantitative estimate of drug-likeness (QED) is 0.631. The van der Waals surface area contributed by atoms with Gasteiger partial charge in [0.1, 0.15) is 5.15 Å². The highest BCUT2D eigenvalue weighted by molar-refractivity contribution is 6.30. The Morgan fingerprint density at radius 2 is 2.36 bits per heavy atom. The van der Waals surface area contributed by atoms with Gasteiger partial charge >= 0.3 is 5.69 Å². The van der Waals surface area contributed by atoms with Gasteiger partial charge in [-0.2, -0.15) is 5.10 Å². The lowest BCUT2D eigenvalue weighted by molar-refractivity contribution is 0.890. The molecule has 0 aromatic carbocycles. The van der Waals surface area contributed by atoms with Gasteiger partial charge in [0, 0.05) is 0 Å². The fourth-order valence-electron chi connectivity index (χ4n) is 0.945. The normalized spacial score (nSPS) is 10.6. The molecular formula is C6H4ClN3O. The van der Waals surface area contributed by atoms with Gasteiger partial charge in [-0.1, -0.05) is 11.6 Å². The molecule has 0 aliphatic heterocycles. The van der Waals surface area contributed by atoms with Gasteiger partial charge < -0.3 is 0 Å². The van der Waals surface area contributed by atoms with E-state index in [0.29, 0.717) is 10.7 Å². The van der Waals surface area contributed by atoms with Crippen LogP contribution in [-0.4, -0.2) is 14.6 Å². The molecule has 0 unspecified atom stereocenters. The highest BCUT2D eigenvalue weighted by atomic mass is 35.5. The average molecular weight is 170 g/mol. The highest BCUT2D eigenvalue weighted by Crippen LogP contribution is 2.09. The molecule has 0 aliphatic carbocycles. The van der Waals surface area contributed by atoms with Crippen molar-refractivity contribution in [2.75, 3.05) is 0 Å². The molecule has 0 atom stereocenters. The Balaban J connectivity index is 3.08. The van der Waals surface area contributed by atoms with Gasteiger partial charge in [0.05, 0.1) is 11.7 Å². The number of aromatic nitrogens is 3. The standard InChI is InChI=1S/C6H4ClN3O/c7-5-2-1-4-3-8-9-6(11)10(4)5/h1-3H,(H,9,11). The Morgan fingerprint density at radius 3 is 3.09 bits per heavy atom. The molecule has 56 valence electrons. The summed E-state index contributed by atoms with van der Waals surface area (Å²) in [4.78, 5) is 11.0. The van der Waals surface area contributed by atoms with Crippen LogP contribution in [0.25, 0.3) is 5.52 Å². The molecule has 0 saturated heterocycles. The molecule has 11 heavy (non-hydrogen) atoms. The first kappa shape index (κ1) is 6.42. The van der Waals surface area contributed by atoms with Crippen molar-refractivity contribution in [3.05, 3.63) is 34.0 Å². The Labute approximate surface area is 66.4 Å². The Morgan fingerprint density at radius 1 is 1.55 bits per heavy atom. The van der Waals surface area contributed by atoms with E-state index in [1.807, 2.05) is 0 Å².